The molecule has 0 fully saturated rings. The fourth-order valence-electron chi connectivity index (χ4n) is 2.35. The summed E-state index contributed by atoms with van der Waals surface area (Å²) in [6.07, 6.45) is 0.946. The van der Waals surface area contributed by atoms with Gasteiger partial charge >= 0.3 is 0 Å². The lowest BCUT2D eigenvalue weighted by molar-refractivity contribution is 0.0700. The molecule has 0 aliphatic carbocycles. The molecule has 27 heavy (non-hydrogen) atoms. The maximum Gasteiger partial charge on any atom is 0.281 e. The molecule has 0 saturated heterocycles. The number of hydrogen-bond acceptors (Lipinski definition) is 3. The van der Waals surface area contributed by atoms with Gasteiger partial charge in [-0.25, -0.2) is 8.78 Å². The molecule has 0 atom stereocenters. The van der Waals surface area contributed by atoms with Crippen LogP contribution in [0.1, 0.15) is 16.1 Å². The first kappa shape index (κ1) is 20.0. The first-order valence-corrected chi connectivity index (χ1v) is 7.89. The van der Waals surface area contributed by atoms with E-state index < -0.39 is 18.9 Å². The van der Waals surface area contributed by atoms with Crippen molar-refractivity contribution in [2.45, 2.75) is 13.3 Å². The first-order valence-electron chi connectivity index (χ1n) is 7.89. The van der Waals surface area contributed by atoms with Crippen LogP contribution >= 0.6 is 0 Å². The number of aromatic nitrogens is 2. The number of carbonyl (C=O) groups excluding carboxylic acids is 1. The van der Waals surface area contributed by atoms with E-state index in [1.54, 1.807) is 18.5 Å². The Morgan fingerprint density at radius 2 is 1.96 bits per heavy atom. The second-order valence-electron chi connectivity index (χ2n) is 5.52. The van der Waals surface area contributed by atoms with Crippen molar-refractivity contribution >= 4 is 22.8 Å². The van der Waals surface area contributed by atoms with Gasteiger partial charge in [0.05, 0.1) is 16.8 Å². The molecular formula is C18H19F2N5O2. The van der Waals surface area contributed by atoms with Gasteiger partial charge in [0.2, 0.25) is 0 Å². The van der Waals surface area contributed by atoms with E-state index in [0.717, 1.165) is 22.3 Å². The summed E-state index contributed by atoms with van der Waals surface area (Å²) in [5.41, 5.74) is 13.7. The number of nitrogens with zero attached hydrogens (tertiary/aromatic N) is 3. The summed E-state index contributed by atoms with van der Waals surface area (Å²) in [6, 6.07) is 11.5. The largest absolute Gasteiger partial charge is 0.390 e. The van der Waals surface area contributed by atoms with Gasteiger partial charge in [0, 0.05) is 23.5 Å². The zero-order chi connectivity index (χ0) is 20.0. The number of hydrogen-bond donors (Lipinski definition) is 3. The number of rotatable bonds is 3. The van der Waals surface area contributed by atoms with Crippen molar-refractivity contribution in [2.24, 2.45) is 16.5 Å². The molecule has 0 radical (unpaired) electrons. The standard InChI is InChI=1S/C16H15N5O.C2H4F2O/c1-10-8-14(12-4-2-3-5-13(12)19-10)21-7-6-11(9-21)15(22)20-16(17)18;3-2(4)1-5/h2-9H,1H3,(H4,17,18,20,22);2,5H,1H2. The summed E-state index contributed by atoms with van der Waals surface area (Å²) in [7, 11) is 0. The Hall–Kier alpha value is -3.33. The molecule has 0 bridgehead atoms. The Balaban J connectivity index is 0.000000465. The molecule has 142 valence electrons. The lowest BCUT2D eigenvalue weighted by Crippen LogP contribution is -2.24. The van der Waals surface area contributed by atoms with Crippen molar-refractivity contribution in [1.82, 2.24) is 9.55 Å². The predicted molar refractivity (Wildman–Crippen MR) is 99.0 cm³/mol. The molecule has 9 heteroatoms. The number of guanidine groups is 1. The summed E-state index contributed by atoms with van der Waals surface area (Å²) in [4.78, 5) is 19.9. The van der Waals surface area contributed by atoms with E-state index in [1.807, 2.05) is 41.8 Å². The molecule has 2 aromatic heterocycles. The zero-order valence-corrected chi connectivity index (χ0v) is 14.5. The van der Waals surface area contributed by atoms with Crippen molar-refractivity contribution in [3.05, 3.63) is 60.0 Å². The van der Waals surface area contributed by atoms with Gasteiger partial charge in [0.25, 0.3) is 12.3 Å². The van der Waals surface area contributed by atoms with Crippen LogP contribution in [-0.2, 0) is 0 Å². The highest BCUT2D eigenvalue weighted by molar-refractivity contribution is 6.02. The van der Waals surface area contributed by atoms with E-state index in [0.29, 0.717) is 5.56 Å². The third-order valence-corrected chi connectivity index (χ3v) is 3.41. The number of alkyl halides is 2. The third-order valence-electron chi connectivity index (χ3n) is 3.41. The number of aliphatic imine (C=N–C) groups is 1. The molecule has 0 saturated carbocycles. The number of nitrogens with two attached hydrogens (primary N) is 2. The van der Waals surface area contributed by atoms with Crippen molar-refractivity contribution in [2.75, 3.05) is 6.61 Å². The fourth-order valence-corrected chi connectivity index (χ4v) is 2.35. The van der Waals surface area contributed by atoms with Crippen molar-refractivity contribution < 1.29 is 18.7 Å². The summed E-state index contributed by atoms with van der Waals surface area (Å²) in [5.74, 6) is -0.711. The highest BCUT2D eigenvalue weighted by atomic mass is 19.3. The van der Waals surface area contributed by atoms with Gasteiger partial charge in [-0.2, -0.15) is 4.99 Å². The monoisotopic (exact) mass is 375 g/mol. The van der Waals surface area contributed by atoms with Crippen LogP contribution in [0.5, 0.6) is 0 Å². The van der Waals surface area contributed by atoms with Gasteiger partial charge in [-0.1, -0.05) is 18.2 Å². The quantitative estimate of drug-likeness (QED) is 0.478. The second-order valence-corrected chi connectivity index (χ2v) is 5.52. The highest BCUT2D eigenvalue weighted by Gasteiger charge is 2.10. The number of carbonyl (C=O) groups is 1. The lowest BCUT2D eigenvalue weighted by atomic mass is 10.1. The van der Waals surface area contributed by atoms with Crippen molar-refractivity contribution in [1.29, 1.82) is 0 Å². The summed E-state index contributed by atoms with van der Waals surface area (Å²) < 4.78 is 22.9. The highest BCUT2D eigenvalue weighted by Crippen LogP contribution is 2.22. The van der Waals surface area contributed by atoms with E-state index in [2.05, 4.69) is 9.98 Å². The maximum absolute atomic E-state index is 11.9. The van der Waals surface area contributed by atoms with Gasteiger partial charge < -0.3 is 21.1 Å². The van der Waals surface area contributed by atoms with Gasteiger partial charge in [0.1, 0.15) is 6.61 Å². The van der Waals surface area contributed by atoms with Crippen LogP contribution in [0.15, 0.2) is 53.8 Å². The number of aliphatic hydroxyl groups excluding tert-OH is 1. The molecule has 1 amide bonds. The van der Waals surface area contributed by atoms with Gasteiger partial charge in [-0.05, 0) is 25.1 Å². The van der Waals surface area contributed by atoms with Gasteiger partial charge in [-0.3, -0.25) is 9.78 Å². The number of halogens is 2. The van der Waals surface area contributed by atoms with Crippen molar-refractivity contribution in [3.63, 3.8) is 0 Å². The Morgan fingerprint density at radius 3 is 2.59 bits per heavy atom. The SMILES string of the molecule is Cc1cc(-n2ccc(C(=O)N=C(N)N)c2)c2ccccc2n1.OCC(F)F. The van der Waals surface area contributed by atoms with E-state index in [9.17, 15) is 13.6 Å². The number of fused-ring (bicyclic) bond motifs is 1. The van der Waals surface area contributed by atoms with Gasteiger partial charge in [-0.15, -0.1) is 0 Å². The Labute approximate surface area is 154 Å². The molecule has 0 unspecified atom stereocenters. The second kappa shape index (κ2) is 8.86. The average Bonchev–Trinajstić information content (AvgIpc) is 3.11. The van der Waals surface area contributed by atoms with Crippen LogP contribution in [-0.4, -0.2) is 39.6 Å². The van der Waals surface area contributed by atoms with Crippen LogP contribution in [0.2, 0.25) is 0 Å². The van der Waals surface area contributed by atoms with Crippen LogP contribution in [0.3, 0.4) is 0 Å². The Bertz CT molecular complexity index is 965. The molecule has 7 nitrogen and oxygen atoms in total. The van der Waals surface area contributed by atoms with Crippen LogP contribution in [0.25, 0.3) is 16.6 Å². The van der Waals surface area contributed by atoms with E-state index in [1.165, 1.54) is 0 Å². The summed E-state index contributed by atoms with van der Waals surface area (Å²) in [5, 5.41) is 8.40. The van der Waals surface area contributed by atoms with Crippen LogP contribution < -0.4 is 11.5 Å². The molecule has 0 aliphatic heterocycles. The summed E-state index contributed by atoms with van der Waals surface area (Å²) >= 11 is 0. The normalized spacial score (nSPS) is 10.4. The predicted octanol–water partition coefficient (Wildman–Crippen LogP) is 1.99. The van der Waals surface area contributed by atoms with Crippen molar-refractivity contribution in [3.8, 4) is 5.69 Å². The molecule has 3 aromatic rings. The first-order chi connectivity index (χ1) is 12.8. The maximum atomic E-state index is 11.9. The van der Waals surface area contributed by atoms with E-state index in [4.69, 9.17) is 16.6 Å². The Kier molecular flexibility index (Phi) is 6.56. The average molecular weight is 375 g/mol. The van der Waals surface area contributed by atoms with Gasteiger partial charge in [0.15, 0.2) is 5.96 Å². The molecule has 2 heterocycles. The van der Waals surface area contributed by atoms with E-state index in [-0.39, 0.29) is 5.96 Å². The topological polar surface area (TPSA) is 120 Å². The van der Waals surface area contributed by atoms with Crippen LogP contribution in [0.4, 0.5) is 8.78 Å². The lowest BCUT2D eigenvalue weighted by Gasteiger charge is -2.08. The summed E-state index contributed by atoms with van der Waals surface area (Å²) in [6.45, 7) is 0.908. The zero-order valence-electron chi connectivity index (χ0n) is 14.5. The minimum absolute atomic E-state index is 0.247. The number of amides is 1. The number of benzene rings is 1. The molecule has 5 N–H and O–H groups in total. The van der Waals surface area contributed by atoms with E-state index >= 15 is 0 Å². The molecule has 1 aromatic carbocycles. The minimum atomic E-state index is -2.56. The smallest absolute Gasteiger partial charge is 0.281 e. The molecule has 3 rings (SSSR count). The third kappa shape index (κ3) is 5.32. The number of para-hydroxylation sites is 1. The number of aliphatic hydroxyl groups is 1. The molecular weight excluding hydrogens is 356 g/mol. The number of aryl methyl sites for hydroxylation is 1. The molecule has 0 spiro atoms. The fraction of sp³-hybridized carbons (Fsp3) is 0.167. The Morgan fingerprint density at radius 1 is 1.30 bits per heavy atom. The minimum Gasteiger partial charge on any atom is -0.390 e. The molecule has 0 aliphatic rings. The van der Waals surface area contributed by atoms with Crippen LogP contribution in [0, 0.1) is 6.92 Å². The number of pyridine rings is 1.